The molecule has 0 unspecified atom stereocenters. The van der Waals surface area contributed by atoms with Crippen molar-refractivity contribution in [2.75, 3.05) is 11.3 Å². The zero-order chi connectivity index (χ0) is 19.6. The summed E-state index contributed by atoms with van der Waals surface area (Å²) in [5.74, 6) is -1.92. The van der Waals surface area contributed by atoms with Crippen molar-refractivity contribution >= 4 is 27.6 Å². The highest BCUT2D eigenvalue weighted by atomic mass is 32.2. The highest BCUT2D eigenvalue weighted by molar-refractivity contribution is 7.92. The van der Waals surface area contributed by atoms with E-state index in [1.165, 1.54) is 49.4 Å². The van der Waals surface area contributed by atoms with Gasteiger partial charge in [-0.05, 0) is 43.3 Å². The molecule has 1 fully saturated rings. The van der Waals surface area contributed by atoms with Gasteiger partial charge in [-0.15, -0.1) is 0 Å². The quantitative estimate of drug-likeness (QED) is 0.784. The molecule has 1 N–H and O–H groups in total. The third-order valence-electron chi connectivity index (χ3n) is 4.02. The topological polar surface area (TPSA) is 98.8 Å². The second-order valence-corrected chi connectivity index (χ2v) is 7.55. The molecule has 142 valence electrons. The van der Waals surface area contributed by atoms with Crippen LogP contribution >= 0.6 is 0 Å². The van der Waals surface area contributed by atoms with Crippen LogP contribution in [0.4, 0.5) is 10.1 Å². The van der Waals surface area contributed by atoms with Gasteiger partial charge in [0.05, 0.1) is 17.1 Å². The average molecular weight is 393 g/mol. The van der Waals surface area contributed by atoms with Crippen LogP contribution in [0.1, 0.15) is 22.3 Å². The normalized spacial score (nSPS) is 16.7. The lowest BCUT2D eigenvalue weighted by atomic mass is 10.2. The fourth-order valence-corrected chi connectivity index (χ4v) is 3.86. The minimum atomic E-state index is -3.99. The molecule has 1 atom stereocenters. The van der Waals surface area contributed by atoms with E-state index in [9.17, 15) is 22.4 Å². The van der Waals surface area contributed by atoms with Gasteiger partial charge in [0.2, 0.25) is 6.10 Å². The van der Waals surface area contributed by atoms with Gasteiger partial charge in [0.25, 0.3) is 10.0 Å². The maximum atomic E-state index is 13.6. The Hall–Kier alpha value is -2.94. The van der Waals surface area contributed by atoms with Gasteiger partial charge in [-0.25, -0.2) is 22.4 Å². The van der Waals surface area contributed by atoms with Crippen LogP contribution in [0.2, 0.25) is 0 Å². The molecular weight excluding hydrogens is 377 g/mol. The molecule has 1 saturated heterocycles. The lowest BCUT2D eigenvalue weighted by Crippen LogP contribution is -2.22. The van der Waals surface area contributed by atoms with Crippen molar-refractivity contribution in [1.29, 1.82) is 0 Å². The molecule has 0 aromatic heterocycles. The van der Waals surface area contributed by atoms with Crippen LogP contribution in [0, 0.1) is 12.7 Å². The van der Waals surface area contributed by atoms with Crippen LogP contribution in [0.25, 0.3) is 0 Å². The highest BCUT2D eigenvalue weighted by Gasteiger charge is 2.30. The summed E-state index contributed by atoms with van der Waals surface area (Å²) in [4.78, 5) is 23.2. The van der Waals surface area contributed by atoms with E-state index in [2.05, 4.69) is 4.72 Å². The standard InChI is InChI=1S/C18H16FNO6S/c1-11-14(19)3-2-4-16(11)27(23,24)20-13-7-5-12(6-8-13)17(21)26-15-9-10-25-18(15)22/h2-8,15,20H,9-10H2,1H3/t15-/m0/s1. The van der Waals surface area contributed by atoms with E-state index < -0.39 is 33.9 Å². The first kappa shape index (κ1) is 18.8. The van der Waals surface area contributed by atoms with Crippen molar-refractivity contribution in [2.45, 2.75) is 24.3 Å². The molecule has 1 aliphatic rings. The minimum Gasteiger partial charge on any atom is -0.463 e. The second kappa shape index (κ2) is 7.36. The number of carbonyl (C=O) groups is 2. The molecule has 0 aliphatic carbocycles. The number of sulfonamides is 1. The van der Waals surface area contributed by atoms with Gasteiger partial charge >= 0.3 is 11.9 Å². The van der Waals surface area contributed by atoms with Crippen molar-refractivity contribution < 1.29 is 31.9 Å². The molecule has 0 spiro atoms. The molecule has 7 nitrogen and oxygen atoms in total. The Kier molecular flexibility index (Phi) is 5.13. The summed E-state index contributed by atoms with van der Waals surface area (Å²) in [6.45, 7) is 1.58. The molecule has 9 heteroatoms. The van der Waals surface area contributed by atoms with Crippen LogP contribution in [0.15, 0.2) is 47.4 Å². The maximum Gasteiger partial charge on any atom is 0.347 e. The van der Waals surface area contributed by atoms with Crippen molar-refractivity contribution in [3.8, 4) is 0 Å². The van der Waals surface area contributed by atoms with Crippen molar-refractivity contribution in [3.63, 3.8) is 0 Å². The number of cyclic esters (lactones) is 1. The largest absolute Gasteiger partial charge is 0.463 e. The van der Waals surface area contributed by atoms with Crippen molar-refractivity contribution in [3.05, 3.63) is 59.4 Å². The molecule has 0 saturated carbocycles. The molecule has 2 aromatic carbocycles. The van der Waals surface area contributed by atoms with Gasteiger partial charge < -0.3 is 9.47 Å². The lowest BCUT2D eigenvalue weighted by Gasteiger charge is -2.12. The molecule has 0 amide bonds. The number of esters is 2. The predicted molar refractivity (Wildman–Crippen MR) is 93.2 cm³/mol. The van der Waals surface area contributed by atoms with E-state index in [-0.39, 0.29) is 28.3 Å². The summed E-state index contributed by atoms with van der Waals surface area (Å²) in [6, 6.07) is 9.25. The summed E-state index contributed by atoms with van der Waals surface area (Å²) < 4.78 is 50.6. The van der Waals surface area contributed by atoms with Crippen molar-refractivity contribution in [2.24, 2.45) is 0 Å². The van der Waals surface area contributed by atoms with Gasteiger partial charge in [0.15, 0.2) is 0 Å². The molecule has 1 aliphatic heterocycles. The van der Waals surface area contributed by atoms with E-state index in [0.29, 0.717) is 6.42 Å². The summed E-state index contributed by atoms with van der Waals surface area (Å²) in [7, 11) is -3.99. The number of halogens is 1. The zero-order valence-corrected chi connectivity index (χ0v) is 15.1. The fraction of sp³-hybridized carbons (Fsp3) is 0.222. The summed E-state index contributed by atoms with van der Waals surface area (Å²) in [5, 5.41) is 0. The van der Waals surface area contributed by atoms with Gasteiger partial charge in [-0.1, -0.05) is 6.07 Å². The summed E-state index contributed by atoms with van der Waals surface area (Å²) in [6.07, 6.45) is -0.623. The number of ether oxygens (including phenoxy) is 2. The molecule has 2 aromatic rings. The Labute approximate surface area is 155 Å². The van der Waals surface area contributed by atoms with E-state index in [1.807, 2.05) is 0 Å². The Morgan fingerprint density at radius 2 is 1.93 bits per heavy atom. The Bertz CT molecular complexity index is 987. The van der Waals surface area contributed by atoms with Crippen LogP contribution in [-0.4, -0.2) is 33.1 Å². The highest BCUT2D eigenvalue weighted by Crippen LogP contribution is 2.22. The van der Waals surface area contributed by atoms with Gasteiger partial charge in [0, 0.05) is 17.7 Å². The van der Waals surface area contributed by atoms with Gasteiger partial charge in [0.1, 0.15) is 5.82 Å². The Morgan fingerprint density at radius 3 is 2.56 bits per heavy atom. The Balaban J connectivity index is 1.72. The molecule has 3 rings (SSSR count). The minimum absolute atomic E-state index is 0.00801. The molecule has 1 heterocycles. The van der Waals surface area contributed by atoms with Gasteiger partial charge in [-0.3, -0.25) is 4.72 Å². The maximum absolute atomic E-state index is 13.6. The van der Waals surface area contributed by atoms with E-state index in [0.717, 1.165) is 0 Å². The van der Waals surface area contributed by atoms with E-state index >= 15 is 0 Å². The van der Waals surface area contributed by atoms with Crippen LogP contribution in [-0.2, 0) is 24.3 Å². The molecule has 0 bridgehead atoms. The first-order valence-corrected chi connectivity index (χ1v) is 9.52. The van der Waals surface area contributed by atoms with E-state index in [4.69, 9.17) is 9.47 Å². The van der Waals surface area contributed by atoms with Crippen LogP contribution in [0.5, 0.6) is 0 Å². The van der Waals surface area contributed by atoms with E-state index in [1.54, 1.807) is 0 Å². The third-order valence-corrected chi connectivity index (χ3v) is 5.54. The monoisotopic (exact) mass is 393 g/mol. The average Bonchev–Trinajstić information content (AvgIpc) is 3.02. The van der Waals surface area contributed by atoms with Crippen molar-refractivity contribution in [1.82, 2.24) is 0 Å². The second-order valence-electron chi connectivity index (χ2n) is 5.90. The number of nitrogens with one attached hydrogen (secondary N) is 1. The SMILES string of the molecule is Cc1c(F)cccc1S(=O)(=O)Nc1ccc(C(=O)O[C@H]2CCOC2=O)cc1. The first-order valence-electron chi connectivity index (χ1n) is 8.03. The number of anilines is 1. The number of rotatable bonds is 5. The first-order chi connectivity index (χ1) is 12.8. The van der Waals surface area contributed by atoms with Gasteiger partial charge in [-0.2, -0.15) is 0 Å². The van der Waals surface area contributed by atoms with Crippen LogP contribution < -0.4 is 4.72 Å². The number of carbonyl (C=O) groups excluding carboxylic acids is 2. The number of benzene rings is 2. The smallest absolute Gasteiger partial charge is 0.347 e. The Morgan fingerprint density at radius 1 is 1.22 bits per heavy atom. The molecule has 0 radical (unpaired) electrons. The third kappa shape index (κ3) is 4.08. The summed E-state index contributed by atoms with van der Waals surface area (Å²) in [5.41, 5.74) is 0.351. The zero-order valence-electron chi connectivity index (χ0n) is 14.3. The van der Waals surface area contributed by atoms with Crippen LogP contribution in [0.3, 0.4) is 0 Å². The molecular formula is C18H16FNO6S. The number of hydrogen-bond acceptors (Lipinski definition) is 6. The predicted octanol–water partition coefficient (Wildman–Crippen LogP) is 2.41. The fourth-order valence-electron chi connectivity index (χ4n) is 2.54. The lowest BCUT2D eigenvalue weighted by molar-refractivity contribution is -0.145. The molecule has 27 heavy (non-hydrogen) atoms. The number of hydrogen-bond donors (Lipinski definition) is 1. The summed E-state index contributed by atoms with van der Waals surface area (Å²) >= 11 is 0.